The van der Waals surface area contributed by atoms with Crippen LogP contribution in [0, 0.1) is 0 Å². The highest BCUT2D eigenvalue weighted by molar-refractivity contribution is 5.38. The lowest BCUT2D eigenvalue weighted by atomic mass is 10.0. The quantitative estimate of drug-likeness (QED) is 0.888. The zero-order chi connectivity index (χ0) is 12.6. The van der Waals surface area contributed by atoms with E-state index in [9.17, 15) is 0 Å². The molecule has 18 heavy (non-hydrogen) atoms. The number of ether oxygens (including phenoxy) is 1. The standard InChI is InChI=1S/C14H21N3O/c1-15-12-9-11(10-5-6-10)16-13(17-12)14(18-2)7-3-4-8-14/h9-10H,3-8H2,1-2H3,(H,15,16,17). The lowest BCUT2D eigenvalue weighted by Crippen LogP contribution is -2.28. The minimum absolute atomic E-state index is 0.240. The third-order valence-electron chi connectivity index (χ3n) is 4.21. The molecule has 3 rings (SSSR count). The van der Waals surface area contributed by atoms with Crippen LogP contribution in [0.3, 0.4) is 0 Å². The summed E-state index contributed by atoms with van der Waals surface area (Å²) in [7, 11) is 3.70. The van der Waals surface area contributed by atoms with E-state index in [0.29, 0.717) is 5.92 Å². The van der Waals surface area contributed by atoms with Crippen LogP contribution in [-0.2, 0) is 10.3 Å². The molecule has 0 radical (unpaired) electrons. The molecule has 0 atom stereocenters. The fraction of sp³-hybridized carbons (Fsp3) is 0.714. The first-order chi connectivity index (χ1) is 8.77. The fourth-order valence-electron chi connectivity index (χ4n) is 2.85. The summed E-state index contributed by atoms with van der Waals surface area (Å²) in [6.45, 7) is 0. The second kappa shape index (κ2) is 4.50. The van der Waals surface area contributed by atoms with E-state index in [-0.39, 0.29) is 5.60 Å². The van der Waals surface area contributed by atoms with E-state index in [1.807, 2.05) is 7.05 Å². The topological polar surface area (TPSA) is 47.0 Å². The summed E-state index contributed by atoms with van der Waals surface area (Å²) in [5, 5.41) is 3.15. The lowest BCUT2D eigenvalue weighted by Gasteiger charge is -2.26. The van der Waals surface area contributed by atoms with Gasteiger partial charge in [-0.15, -0.1) is 0 Å². The molecule has 4 nitrogen and oxygen atoms in total. The van der Waals surface area contributed by atoms with E-state index in [4.69, 9.17) is 9.72 Å². The summed E-state index contributed by atoms with van der Waals surface area (Å²) >= 11 is 0. The number of hydrogen-bond acceptors (Lipinski definition) is 4. The van der Waals surface area contributed by atoms with Crippen molar-refractivity contribution < 1.29 is 4.74 Å². The van der Waals surface area contributed by atoms with Crippen LogP contribution in [0.1, 0.15) is 56.0 Å². The molecule has 2 fully saturated rings. The molecule has 2 aliphatic carbocycles. The van der Waals surface area contributed by atoms with E-state index in [1.54, 1.807) is 7.11 Å². The van der Waals surface area contributed by atoms with Gasteiger partial charge in [0, 0.05) is 31.8 Å². The molecule has 0 spiro atoms. The maximum absolute atomic E-state index is 5.79. The van der Waals surface area contributed by atoms with Gasteiger partial charge >= 0.3 is 0 Å². The van der Waals surface area contributed by atoms with Crippen molar-refractivity contribution in [1.82, 2.24) is 9.97 Å². The molecule has 4 heteroatoms. The Hall–Kier alpha value is -1.16. The van der Waals surface area contributed by atoms with E-state index >= 15 is 0 Å². The van der Waals surface area contributed by atoms with Gasteiger partial charge in [-0.25, -0.2) is 9.97 Å². The number of methoxy groups -OCH3 is 1. The Morgan fingerprint density at radius 1 is 1.28 bits per heavy atom. The molecular weight excluding hydrogens is 226 g/mol. The van der Waals surface area contributed by atoms with Crippen LogP contribution in [0.2, 0.25) is 0 Å². The van der Waals surface area contributed by atoms with Gasteiger partial charge in [0.1, 0.15) is 11.4 Å². The monoisotopic (exact) mass is 247 g/mol. The van der Waals surface area contributed by atoms with Crippen molar-refractivity contribution in [3.05, 3.63) is 17.6 Å². The number of anilines is 1. The molecule has 0 amide bonds. The predicted octanol–water partition coefficient (Wildman–Crippen LogP) is 2.81. The summed E-state index contributed by atoms with van der Waals surface area (Å²) < 4.78 is 5.79. The van der Waals surface area contributed by atoms with Crippen LogP contribution in [0.15, 0.2) is 6.07 Å². The second-order valence-electron chi connectivity index (χ2n) is 5.43. The molecule has 1 aromatic rings. The van der Waals surface area contributed by atoms with Crippen LogP contribution in [0.25, 0.3) is 0 Å². The molecular formula is C14H21N3O. The van der Waals surface area contributed by atoms with E-state index in [2.05, 4.69) is 16.4 Å². The fourth-order valence-corrected chi connectivity index (χ4v) is 2.85. The summed E-state index contributed by atoms with van der Waals surface area (Å²) in [4.78, 5) is 9.43. The number of nitrogens with one attached hydrogen (secondary N) is 1. The van der Waals surface area contributed by atoms with Gasteiger partial charge in [0.25, 0.3) is 0 Å². The van der Waals surface area contributed by atoms with Crippen molar-refractivity contribution >= 4 is 5.82 Å². The van der Waals surface area contributed by atoms with Gasteiger partial charge in [-0.3, -0.25) is 0 Å². The molecule has 98 valence electrons. The number of nitrogens with zero attached hydrogens (tertiary/aromatic N) is 2. The van der Waals surface area contributed by atoms with Crippen molar-refractivity contribution in [2.24, 2.45) is 0 Å². The lowest BCUT2D eigenvalue weighted by molar-refractivity contribution is -0.0163. The van der Waals surface area contributed by atoms with Crippen LogP contribution >= 0.6 is 0 Å². The van der Waals surface area contributed by atoms with Crippen LogP contribution in [0.4, 0.5) is 5.82 Å². The maximum Gasteiger partial charge on any atom is 0.162 e. The number of rotatable bonds is 4. The molecule has 2 saturated carbocycles. The van der Waals surface area contributed by atoms with Crippen molar-refractivity contribution in [2.45, 2.75) is 50.0 Å². The van der Waals surface area contributed by atoms with Gasteiger partial charge in [-0.2, -0.15) is 0 Å². The molecule has 0 aromatic carbocycles. The van der Waals surface area contributed by atoms with Crippen LogP contribution in [-0.4, -0.2) is 24.1 Å². The molecule has 2 aliphatic rings. The molecule has 1 N–H and O–H groups in total. The van der Waals surface area contributed by atoms with Crippen molar-refractivity contribution in [3.8, 4) is 0 Å². The largest absolute Gasteiger partial charge is 0.373 e. The summed E-state index contributed by atoms with van der Waals surface area (Å²) in [5.41, 5.74) is 0.948. The summed E-state index contributed by atoms with van der Waals surface area (Å²) in [6.07, 6.45) is 7.03. The Bertz CT molecular complexity index is 437. The Balaban J connectivity index is 2.01. The molecule has 1 heterocycles. The first kappa shape index (κ1) is 11.9. The maximum atomic E-state index is 5.79. The molecule has 0 bridgehead atoms. The van der Waals surface area contributed by atoms with E-state index < -0.39 is 0 Å². The second-order valence-corrected chi connectivity index (χ2v) is 5.43. The van der Waals surface area contributed by atoms with Gasteiger partial charge in [-0.05, 0) is 38.5 Å². The predicted molar refractivity (Wildman–Crippen MR) is 70.7 cm³/mol. The normalized spacial score (nSPS) is 22.1. The van der Waals surface area contributed by atoms with Crippen LogP contribution in [0.5, 0.6) is 0 Å². The van der Waals surface area contributed by atoms with Crippen LogP contribution < -0.4 is 5.32 Å². The Labute approximate surface area is 108 Å². The van der Waals surface area contributed by atoms with Gasteiger partial charge in [0.05, 0.1) is 0 Å². The minimum atomic E-state index is -0.240. The number of aromatic nitrogens is 2. The van der Waals surface area contributed by atoms with E-state index in [1.165, 1.54) is 31.4 Å². The third-order valence-corrected chi connectivity index (χ3v) is 4.21. The molecule has 0 saturated heterocycles. The van der Waals surface area contributed by atoms with Gasteiger partial charge in [0.15, 0.2) is 5.82 Å². The minimum Gasteiger partial charge on any atom is -0.373 e. The zero-order valence-electron chi connectivity index (χ0n) is 11.2. The first-order valence-corrected chi connectivity index (χ1v) is 6.90. The Kier molecular flexibility index (Phi) is 2.98. The van der Waals surface area contributed by atoms with Crippen molar-refractivity contribution in [3.63, 3.8) is 0 Å². The smallest absolute Gasteiger partial charge is 0.162 e. The highest BCUT2D eigenvalue weighted by Gasteiger charge is 2.39. The zero-order valence-corrected chi connectivity index (χ0v) is 11.2. The average Bonchev–Trinajstić information content (AvgIpc) is 3.16. The van der Waals surface area contributed by atoms with Gasteiger partial charge in [0.2, 0.25) is 0 Å². The van der Waals surface area contributed by atoms with Crippen molar-refractivity contribution in [2.75, 3.05) is 19.5 Å². The van der Waals surface area contributed by atoms with Crippen molar-refractivity contribution in [1.29, 1.82) is 0 Å². The third kappa shape index (κ3) is 1.99. The highest BCUT2D eigenvalue weighted by atomic mass is 16.5. The first-order valence-electron chi connectivity index (χ1n) is 6.90. The molecule has 1 aromatic heterocycles. The SMILES string of the molecule is CNc1cc(C2CC2)nc(C2(OC)CCCC2)n1. The average molecular weight is 247 g/mol. The molecule has 0 unspecified atom stereocenters. The summed E-state index contributed by atoms with van der Waals surface area (Å²) in [5.74, 6) is 2.45. The summed E-state index contributed by atoms with van der Waals surface area (Å²) in [6, 6.07) is 2.08. The van der Waals surface area contributed by atoms with Gasteiger partial charge < -0.3 is 10.1 Å². The highest BCUT2D eigenvalue weighted by Crippen LogP contribution is 2.43. The van der Waals surface area contributed by atoms with Gasteiger partial charge in [-0.1, -0.05) is 0 Å². The van der Waals surface area contributed by atoms with E-state index in [0.717, 1.165) is 24.5 Å². The molecule has 0 aliphatic heterocycles. The number of hydrogen-bond donors (Lipinski definition) is 1. The Morgan fingerprint density at radius 3 is 2.56 bits per heavy atom. The Morgan fingerprint density at radius 2 is 2.00 bits per heavy atom.